The fourth-order valence-electron chi connectivity index (χ4n) is 1.64. The molecule has 0 aliphatic rings. The van der Waals surface area contributed by atoms with E-state index in [4.69, 9.17) is 0 Å². The summed E-state index contributed by atoms with van der Waals surface area (Å²) in [6, 6.07) is 4.57. The third kappa shape index (κ3) is 5.14. The Balaban J connectivity index is 2.45. The van der Waals surface area contributed by atoms with E-state index in [1.54, 1.807) is 6.07 Å². The van der Waals surface area contributed by atoms with Crippen LogP contribution in [0, 0.1) is 5.82 Å². The Hall–Kier alpha value is -0.940. The minimum atomic E-state index is -0.302. The number of hydrogen-bond acceptors (Lipinski definition) is 2. The van der Waals surface area contributed by atoms with Gasteiger partial charge in [0.25, 0.3) is 0 Å². The molecule has 100 valence electrons. The number of carbonyl (C=O) groups excluding carboxylic acids is 1. The smallest absolute Gasteiger partial charge is 0.221 e. The largest absolute Gasteiger partial charge is 0.352 e. The highest BCUT2D eigenvalue weighted by Gasteiger charge is 2.08. The van der Waals surface area contributed by atoms with Gasteiger partial charge in [-0.3, -0.25) is 4.79 Å². The van der Waals surface area contributed by atoms with Gasteiger partial charge in [-0.25, -0.2) is 4.39 Å². The van der Waals surface area contributed by atoms with E-state index < -0.39 is 0 Å². The first kappa shape index (κ1) is 15.1. The summed E-state index contributed by atoms with van der Waals surface area (Å²) in [5, 5.41) is 5.95. The molecule has 18 heavy (non-hydrogen) atoms. The molecule has 0 saturated heterocycles. The Morgan fingerprint density at radius 2 is 2.22 bits per heavy atom. The van der Waals surface area contributed by atoms with Crippen LogP contribution < -0.4 is 10.6 Å². The SMILES string of the molecule is CCNC(C)CC(=O)NCc1cc(F)ccc1Br. The van der Waals surface area contributed by atoms with Crippen molar-refractivity contribution in [2.75, 3.05) is 6.54 Å². The van der Waals surface area contributed by atoms with Gasteiger partial charge in [0.1, 0.15) is 5.82 Å². The van der Waals surface area contributed by atoms with Crippen molar-refractivity contribution in [3.05, 3.63) is 34.1 Å². The van der Waals surface area contributed by atoms with Crippen LogP contribution in [-0.4, -0.2) is 18.5 Å². The van der Waals surface area contributed by atoms with Crippen LogP contribution in [0.1, 0.15) is 25.8 Å². The van der Waals surface area contributed by atoms with Crippen molar-refractivity contribution in [3.8, 4) is 0 Å². The molecule has 0 fully saturated rings. The van der Waals surface area contributed by atoms with Crippen LogP contribution in [0.25, 0.3) is 0 Å². The molecule has 0 bridgehead atoms. The molecule has 0 aliphatic heterocycles. The quantitative estimate of drug-likeness (QED) is 0.847. The Bertz CT molecular complexity index is 412. The number of benzene rings is 1. The number of rotatable bonds is 6. The lowest BCUT2D eigenvalue weighted by Gasteiger charge is -2.12. The van der Waals surface area contributed by atoms with Gasteiger partial charge in [0.2, 0.25) is 5.91 Å². The maximum atomic E-state index is 13.0. The molecule has 0 aromatic heterocycles. The summed E-state index contributed by atoms with van der Waals surface area (Å²) < 4.78 is 13.8. The van der Waals surface area contributed by atoms with Crippen molar-refractivity contribution in [1.29, 1.82) is 0 Å². The zero-order chi connectivity index (χ0) is 13.5. The van der Waals surface area contributed by atoms with Gasteiger partial charge < -0.3 is 10.6 Å². The number of nitrogens with one attached hydrogen (secondary N) is 2. The number of hydrogen-bond donors (Lipinski definition) is 2. The summed E-state index contributed by atoms with van der Waals surface area (Å²) in [6.45, 7) is 5.12. The van der Waals surface area contributed by atoms with Gasteiger partial charge in [-0.05, 0) is 37.2 Å². The Morgan fingerprint density at radius 3 is 2.89 bits per heavy atom. The Labute approximate surface area is 115 Å². The van der Waals surface area contributed by atoms with E-state index in [1.165, 1.54) is 12.1 Å². The van der Waals surface area contributed by atoms with Crippen molar-refractivity contribution in [1.82, 2.24) is 10.6 Å². The Morgan fingerprint density at radius 1 is 1.50 bits per heavy atom. The minimum Gasteiger partial charge on any atom is -0.352 e. The highest BCUT2D eigenvalue weighted by molar-refractivity contribution is 9.10. The number of halogens is 2. The van der Waals surface area contributed by atoms with Crippen LogP contribution in [0.5, 0.6) is 0 Å². The van der Waals surface area contributed by atoms with Gasteiger partial charge in [0, 0.05) is 23.5 Å². The molecule has 5 heteroatoms. The fourth-order valence-corrected chi connectivity index (χ4v) is 2.03. The van der Waals surface area contributed by atoms with E-state index in [-0.39, 0.29) is 17.8 Å². The minimum absolute atomic E-state index is 0.0420. The molecular formula is C13H18BrFN2O. The first-order valence-corrected chi connectivity index (χ1v) is 6.76. The topological polar surface area (TPSA) is 41.1 Å². The highest BCUT2D eigenvalue weighted by atomic mass is 79.9. The molecule has 1 unspecified atom stereocenters. The second-order valence-corrected chi connectivity index (χ2v) is 5.03. The molecule has 0 heterocycles. The van der Waals surface area contributed by atoms with E-state index in [2.05, 4.69) is 26.6 Å². The summed E-state index contributed by atoms with van der Waals surface area (Å²) in [5.74, 6) is -0.344. The third-order valence-corrected chi connectivity index (χ3v) is 3.30. The van der Waals surface area contributed by atoms with Gasteiger partial charge in [-0.1, -0.05) is 22.9 Å². The molecule has 0 aliphatic carbocycles. The number of carbonyl (C=O) groups is 1. The first-order valence-electron chi connectivity index (χ1n) is 5.97. The van der Waals surface area contributed by atoms with E-state index >= 15 is 0 Å². The third-order valence-electron chi connectivity index (χ3n) is 2.53. The summed E-state index contributed by atoms with van der Waals surface area (Å²) >= 11 is 3.33. The molecule has 0 spiro atoms. The molecule has 0 radical (unpaired) electrons. The van der Waals surface area contributed by atoms with Crippen LogP contribution in [0.15, 0.2) is 22.7 Å². The molecule has 1 rings (SSSR count). The van der Waals surface area contributed by atoms with Gasteiger partial charge in [-0.2, -0.15) is 0 Å². The number of amides is 1. The van der Waals surface area contributed by atoms with Crippen molar-refractivity contribution >= 4 is 21.8 Å². The summed E-state index contributed by atoms with van der Waals surface area (Å²) in [5.41, 5.74) is 0.736. The lowest BCUT2D eigenvalue weighted by molar-refractivity contribution is -0.121. The highest BCUT2D eigenvalue weighted by Crippen LogP contribution is 2.17. The van der Waals surface area contributed by atoms with Crippen molar-refractivity contribution in [2.45, 2.75) is 32.9 Å². The fraction of sp³-hybridized carbons (Fsp3) is 0.462. The normalized spacial score (nSPS) is 12.2. The average Bonchev–Trinajstić information content (AvgIpc) is 2.30. The predicted molar refractivity (Wildman–Crippen MR) is 73.7 cm³/mol. The summed E-state index contributed by atoms with van der Waals surface area (Å²) in [4.78, 5) is 11.6. The summed E-state index contributed by atoms with van der Waals surface area (Å²) in [7, 11) is 0. The summed E-state index contributed by atoms with van der Waals surface area (Å²) in [6.07, 6.45) is 0.417. The average molecular weight is 317 g/mol. The van der Waals surface area contributed by atoms with Crippen molar-refractivity contribution in [2.24, 2.45) is 0 Å². The van der Waals surface area contributed by atoms with Gasteiger partial charge in [0.15, 0.2) is 0 Å². The van der Waals surface area contributed by atoms with Crippen LogP contribution >= 0.6 is 15.9 Å². The van der Waals surface area contributed by atoms with E-state index in [9.17, 15) is 9.18 Å². The van der Waals surface area contributed by atoms with Gasteiger partial charge in [0.05, 0.1) is 0 Å². The maximum Gasteiger partial charge on any atom is 0.221 e. The Kier molecular flexibility index (Phi) is 6.29. The van der Waals surface area contributed by atoms with Crippen molar-refractivity contribution in [3.63, 3.8) is 0 Å². The molecule has 1 aromatic rings. The standard InChI is InChI=1S/C13H18BrFN2O/c1-3-16-9(2)6-13(18)17-8-10-7-11(15)4-5-12(10)14/h4-5,7,9,16H,3,6,8H2,1-2H3,(H,17,18). The molecule has 1 aromatic carbocycles. The maximum absolute atomic E-state index is 13.0. The second kappa shape index (κ2) is 7.48. The molecule has 1 atom stereocenters. The zero-order valence-corrected chi connectivity index (χ0v) is 12.2. The van der Waals surface area contributed by atoms with E-state index in [0.29, 0.717) is 13.0 Å². The molecule has 3 nitrogen and oxygen atoms in total. The lowest BCUT2D eigenvalue weighted by Crippen LogP contribution is -2.33. The monoisotopic (exact) mass is 316 g/mol. The molecular weight excluding hydrogens is 299 g/mol. The molecule has 0 saturated carbocycles. The van der Waals surface area contributed by atoms with Gasteiger partial charge in [-0.15, -0.1) is 0 Å². The predicted octanol–water partition coefficient (Wildman–Crippen LogP) is 2.59. The van der Waals surface area contributed by atoms with Crippen LogP contribution in [0.3, 0.4) is 0 Å². The second-order valence-electron chi connectivity index (χ2n) is 4.18. The van der Waals surface area contributed by atoms with Crippen LogP contribution in [0.4, 0.5) is 4.39 Å². The zero-order valence-electron chi connectivity index (χ0n) is 10.6. The van der Waals surface area contributed by atoms with E-state index in [1.807, 2.05) is 13.8 Å². The molecule has 2 N–H and O–H groups in total. The van der Waals surface area contributed by atoms with Crippen molar-refractivity contribution < 1.29 is 9.18 Å². The molecule has 1 amide bonds. The van der Waals surface area contributed by atoms with Crippen LogP contribution in [0.2, 0.25) is 0 Å². The van der Waals surface area contributed by atoms with Crippen LogP contribution in [-0.2, 0) is 11.3 Å². The van der Waals surface area contributed by atoms with Gasteiger partial charge >= 0.3 is 0 Å². The van der Waals surface area contributed by atoms with E-state index in [0.717, 1.165) is 16.6 Å². The first-order chi connectivity index (χ1) is 8.52. The lowest BCUT2D eigenvalue weighted by atomic mass is 10.2.